The molecule has 0 saturated heterocycles. The van der Waals surface area contributed by atoms with Gasteiger partial charge in [-0.2, -0.15) is 29.9 Å². The van der Waals surface area contributed by atoms with E-state index in [2.05, 4.69) is 134 Å². The third-order valence-electron chi connectivity index (χ3n) is 11.9. The van der Waals surface area contributed by atoms with E-state index in [-0.39, 0.29) is 0 Å². The smallest absolute Gasteiger partial charge is 0.357 e. The maximum Gasteiger partial charge on any atom is 0.386 e. The number of unbranched alkanes of at least 4 members (excludes halogenated alkanes) is 1. The standard InChI is InChI=1S/C48H77N26S6/c1-13-75-41-57-32(24-20-19-23-31-55-35(49-7)60-36(50-8)56-31)73-33(58-41)25-21-22-26-34-59-42(76-14-2)68-48(80-18-6)74(34)72(29-27-53-39-62-37(51-9)61-38(52-10)63-39)45-65-43(77-15-3)64-40(69(45)11)54-28-30-71(73)46-66-44(78-16-4)67-47(70(46)12)79-17-5/h13-30H2,1-12H3,(H5,49,50,51,52,53,55,56,60,61,62,63)/q+3/p+1. The number of anilines is 8. The molecular weight excluding hydrogens is 1130 g/mol. The van der Waals surface area contributed by atoms with Gasteiger partial charge in [-0.1, -0.05) is 121 Å². The Hall–Kier alpha value is -5.44. The van der Waals surface area contributed by atoms with Crippen LogP contribution in [0.3, 0.4) is 0 Å². The molecule has 7 heterocycles. The molecule has 6 aromatic heterocycles. The average Bonchev–Trinajstić information content (AvgIpc) is 3.54. The molecule has 0 aliphatic carbocycles. The number of rotatable bonds is 26. The van der Waals surface area contributed by atoms with Crippen LogP contribution in [0.5, 0.6) is 0 Å². The molecule has 0 spiro atoms. The molecule has 0 atom stereocenters. The molecule has 0 unspecified atom stereocenters. The Balaban J connectivity index is 1.40. The zero-order valence-corrected chi connectivity index (χ0v) is 53.0. The van der Waals surface area contributed by atoms with Gasteiger partial charge in [0.2, 0.25) is 29.7 Å². The summed E-state index contributed by atoms with van der Waals surface area (Å²) in [4.78, 5) is 69.8. The summed E-state index contributed by atoms with van der Waals surface area (Å²) in [7, 11) is 11.3. The normalized spacial score (nSPS) is 12.9. The number of fused-ring (bicyclic) bond motifs is 4. The minimum Gasteiger partial charge on any atom is -0.357 e. The van der Waals surface area contributed by atoms with Crippen LogP contribution in [0.25, 0.3) is 0 Å². The molecule has 432 valence electrons. The lowest BCUT2D eigenvalue weighted by molar-refractivity contribution is -0.756. The Morgan fingerprint density at radius 3 is 1.56 bits per heavy atom. The van der Waals surface area contributed by atoms with Gasteiger partial charge in [-0.3, -0.25) is 0 Å². The molecular formula is C48H78N26S6+4. The predicted octanol–water partition coefficient (Wildman–Crippen LogP) is 4.49. The van der Waals surface area contributed by atoms with E-state index in [4.69, 9.17) is 39.9 Å². The van der Waals surface area contributed by atoms with E-state index in [0.717, 1.165) is 110 Å². The molecule has 6 aromatic rings. The highest BCUT2D eigenvalue weighted by Crippen LogP contribution is 2.25. The maximum atomic E-state index is 5.43. The molecule has 2 bridgehead atoms. The molecule has 80 heavy (non-hydrogen) atoms. The molecule has 0 aromatic carbocycles. The van der Waals surface area contributed by atoms with Crippen molar-refractivity contribution in [1.82, 2.24) is 69.8 Å². The Morgan fingerprint density at radius 2 is 0.975 bits per heavy atom. The van der Waals surface area contributed by atoms with Crippen molar-refractivity contribution in [2.45, 2.75) is 124 Å². The van der Waals surface area contributed by atoms with Crippen LogP contribution in [0, 0.1) is 0 Å². The van der Waals surface area contributed by atoms with Crippen LogP contribution in [0.4, 0.5) is 47.6 Å². The fourth-order valence-corrected chi connectivity index (χ4v) is 12.2. The number of nitrogens with one attached hydrogen (secondary N) is 6. The van der Waals surface area contributed by atoms with E-state index in [1.807, 2.05) is 25.7 Å². The third kappa shape index (κ3) is 16.4. The van der Waals surface area contributed by atoms with Gasteiger partial charge in [0.25, 0.3) is 27.8 Å². The van der Waals surface area contributed by atoms with Gasteiger partial charge in [-0.25, -0.2) is 9.13 Å². The van der Waals surface area contributed by atoms with Crippen molar-refractivity contribution in [2.75, 3.05) is 131 Å². The lowest BCUT2D eigenvalue weighted by atomic mass is 10.1. The van der Waals surface area contributed by atoms with Gasteiger partial charge in [-0.05, 0) is 71.7 Å². The van der Waals surface area contributed by atoms with Crippen LogP contribution in [-0.4, -0.2) is 159 Å². The molecule has 0 fully saturated rings. The van der Waals surface area contributed by atoms with Crippen LogP contribution in [0.2, 0.25) is 0 Å². The van der Waals surface area contributed by atoms with Crippen LogP contribution in [0.1, 0.15) is 90.5 Å². The van der Waals surface area contributed by atoms with Gasteiger partial charge in [0.1, 0.15) is 18.9 Å². The van der Waals surface area contributed by atoms with Crippen molar-refractivity contribution in [3.63, 3.8) is 0 Å². The number of hydrogen-bond acceptors (Lipinski definition) is 28. The SMILES string of the molecule is CCSc1nc2[n+](C)c(n1)N(CCNc1nc(NC)nc(NC)n1)[n+]1c(nc(SCC)nc1SCC)CCCCc1nc(SCC)nc(CCCCc3nc(NC)nc(NC)n3)[n+]1N(c1nc(SCC)nc(SCC)[n+]1C)CCN2. The largest absolute Gasteiger partial charge is 0.386 e. The summed E-state index contributed by atoms with van der Waals surface area (Å²) in [6.45, 7) is 14.6. The summed E-state index contributed by atoms with van der Waals surface area (Å²) in [5.41, 5.74) is 0. The van der Waals surface area contributed by atoms with Crippen molar-refractivity contribution < 1.29 is 18.5 Å². The maximum absolute atomic E-state index is 5.43. The summed E-state index contributed by atoms with van der Waals surface area (Å²) in [6, 6.07) is 0. The third-order valence-corrected chi connectivity index (χ3v) is 16.5. The summed E-state index contributed by atoms with van der Waals surface area (Å²) in [5.74, 6) is 12.6. The number of aromatic nitrogens is 18. The highest BCUT2D eigenvalue weighted by Gasteiger charge is 2.38. The van der Waals surface area contributed by atoms with Gasteiger partial charge in [0, 0.05) is 96.2 Å². The van der Waals surface area contributed by atoms with E-state index in [9.17, 15) is 0 Å². The van der Waals surface area contributed by atoms with Crippen molar-refractivity contribution >= 4 is 118 Å². The van der Waals surface area contributed by atoms with Crippen LogP contribution < -0.4 is 60.4 Å². The molecule has 6 N–H and O–H groups in total. The van der Waals surface area contributed by atoms with E-state index in [1.165, 1.54) is 0 Å². The fraction of sp³-hybridized carbons (Fsp3) is 0.625. The minimum absolute atomic E-state index is 0.424. The average molecular weight is 1210 g/mol. The topological polar surface area (TPSA) is 275 Å². The lowest BCUT2D eigenvalue weighted by Crippen LogP contribution is -2.66. The summed E-state index contributed by atoms with van der Waals surface area (Å²) in [5, 5.41) is 28.4. The Morgan fingerprint density at radius 1 is 0.487 bits per heavy atom. The second kappa shape index (κ2) is 31.7. The number of thioether (sulfide) groups is 6. The fourth-order valence-electron chi connectivity index (χ4n) is 8.36. The highest BCUT2D eigenvalue weighted by atomic mass is 32.2. The Bertz CT molecular complexity index is 2940. The van der Waals surface area contributed by atoms with E-state index < -0.39 is 0 Å². The van der Waals surface area contributed by atoms with Gasteiger partial charge in [0.05, 0.1) is 13.6 Å². The van der Waals surface area contributed by atoms with E-state index >= 15 is 0 Å². The van der Waals surface area contributed by atoms with Crippen molar-refractivity contribution in [1.29, 1.82) is 0 Å². The lowest BCUT2D eigenvalue weighted by Gasteiger charge is -2.24. The summed E-state index contributed by atoms with van der Waals surface area (Å²) in [6.07, 6.45) is 5.84. The first-order valence-electron chi connectivity index (χ1n) is 27.2. The number of hydrogen-bond donors (Lipinski definition) is 6. The van der Waals surface area contributed by atoms with Crippen LogP contribution in [-0.2, 0) is 39.8 Å². The monoisotopic (exact) mass is 1210 g/mol. The van der Waals surface area contributed by atoms with Gasteiger partial charge in [0.15, 0.2) is 0 Å². The first-order chi connectivity index (χ1) is 39.0. The van der Waals surface area contributed by atoms with Crippen molar-refractivity contribution in [3.8, 4) is 0 Å². The molecule has 1 aliphatic rings. The molecule has 1 aliphatic heterocycles. The zero-order chi connectivity index (χ0) is 57.0. The zero-order valence-electron chi connectivity index (χ0n) is 48.1. The van der Waals surface area contributed by atoms with E-state index in [0.29, 0.717) is 104 Å². The molecule has 7 rings (SSSR count). The first-order valence-corrected chi connectivity index (χ1v) is 33.2. The number of nitrogens with zero attached hydrogens (tertiary/aromatic N) is 20. The van der Waals surface area contributed by atoms with Gasteiger partial charge in [-0.15, -0.1) is 10.0 Å². The van der Waals surface area contributed by atoms with Crippen molar-refractivity contribution in [3.05, 3.63) is 23.3 Å². The summed E-state index contributed by atoms with van der Waals surface area (Å²) < 4.78 is 8.55. The molecule has 26 nitrogen and oxygen atoms in total. The second-order valence-electron chi connectivity index (χ2n) is 17.3. The Labute approximate surface area is 495 Å². The van der Waals surface area contributed by atoms with Gasteiger partial charge < -0.3 is 31.9 Å². The number of aryl methyl sites for hydroxylation is 4. The predicted molar refractivity (Wildman–Crippen MR) is 323 cm³/mol. The van der Waals surface area contributed by atoms with Crippen molar-refractivity contribution in [2.24, 2.45) is 14.1 Å². The minimum atomic E-state index is 0.424. The van der Waals surface area contributed by atoms with E-state index in [1.54, 1.807) is 84.7 Å². The highest BCUT2D eigenvalue weighted by molar-refractivity contribution is 8.00. The Kier molecular flexibility index (Phi) is 24.6. The van der Waals surface area contributed by atoms with Crippen LogP contribution >= 0.6 is 70.6 Å². The molecule has 0 amide bonds. The second-order valence-corrected chi connectivity index (χ2v) is 24.7. The quantitative estimate of drug-likeness (QED) is 0.0248. The molecule has 32 heteroatoms. The molecule has 0 saturated carbocycles. The first kappa shape index (κ1) is 62.2. The summed E-state index contributed by atoms with van der Waals surface area (Å²) >= 11 is 9.89. The molecule has 0 radical (unpaired) electrons. The van der Waals surface area contributed by atoms with Crippen LogP contribution in [0.15, 0.2) is 30.9 Å². The van der Waals surface area contributed by atoms with Gasteiger partial charge >= 0.3 is 38.5 Å².